The van der Waals surface area contributed by atoms with Gasteiger partial charge in [-0.15, -0.1) is 11.3 Å². The molecular weight excluding hydrogens is 374 g/mol. The van der Waals surface area contributed by atoms with E-state index in [1.807, 2.05) is 0 Å². The minimum absolute atomic E-state index is 0.330. The quantitative estimate of drug-likeness (QED) is 0.588. The Hall–Kier alpha value is -2.85. The van der Waals surface area contributed by atoms with Gasteiger partial charge in [-0.2, -0.15) is 5.26 Å². The van der Waals surface area contributed by atoms with Crippen molar-refractivity contribution in [1.29, 1.82) is 5.26 Å². The van der Waals surface area contributed by atoms with Gasteiger partial charge in [-0.1, -0.05) is 13.8 Å². The van der Waals surface area contributed by atoms with Crippen LogP contribution in [0.5, 0.6) is 0 Å². The number of benzene rings is 1. The fourth-order valence-electron chi connectivity index (χ4n) is 3.29. The molecule has 0 aliphatic heterocycles. The number of nitrogens with two attached hydrogens (primary N) is 1. The Morgan fingerprint density at radius 3 is 2.75 bits per heavy atom. The third-order valence-electron chi connectivity index (χ3n) is 4.92. The molecule has 0 saturated heterocycles. The summed E-state index contributed by atoms with van der Waals surface area (Å²) in [5.74, 6) is -0.429. The van der Waals surface area contributed by atoms with E-state index in [1.165, 1.54) is 11.3 Å². The number of carbonyl (C=O) groups excluding carboxylic acids is 2. The van der Waals surface area contributed by atoms with Gasteiger partial charge in [0.2, 0.25) is 0 Å². The molecule has 2 aromatic rings. The number of rotatable bonds is 5. The second-order valence-electron chi connectivity index (χ2n) is 7.08. The predicted octanol–water partition coefficient (Wildman–Crippen LogP) is 3.90. The zero-order chi connectivity index (χ0) is 20.3. The number of nitrogens with zero attached hydrogens (tertiary/aromatic N) is 1. The Balaban J connectivity index is 1.73. The Labute approximate surface area is 168 Å². The number of fused-ring (bicyclic) bond motifs is 1. The summed E-state index contributed by atoms with van der Waals surface area (Å²) in [5, 5.41) is 12.9. The van der Waals surface area contributed by atoms with Crippen LogP contribution in [0, 0.1) is 17.2 Å². The van der Waals surface area contributed by atoms with E-state index >= 15 is 0 Å². The zero-order valence-electron chi connectivity index (χ0n) is 16.0. The number of ether oxygens (including phenoxy) is 1. The molecule has 0 spiro atoms. The highest BCUT2D eigenvalue weighted by atomic mass is 32.1. The molecule has 6 nitrogen and oxygen atoms in total. The smallest absolute Gasteiger partial charge is 0.338 e. The van der Waals surface area contributed by atoms with Crippen molar-refractivity contribution in [1.82, 2.24) is 0 Å². The monoisotopic (exact) mass is 397 g/mol. The van der Waals surface area contributed by atoms with Gasteiger partial charge in [0.15, 0.2) is 6.10 Å². The van der Waals surface area contributed by atoms with Crippen LogP contribution in [0.15, 0.2) is 24.3 Å². The standard InChI is InChI=1S/C21H23N3O3S/c1-3-17(27-21(26)13-5-7-14(23)8-6-13)19(25)24-20-16(11-22)15-9-4-12(2)10-18(15)28-20/h5-8,12,17H,3-4,9-10,23H2,1-2H3,(H,24,25). The number of thiophene rings is 1. The number of nitrogen functional groups attached to an aromatic ring is 1. The van der Waals surface area contributed by atoms with Crippen LogP contribution in [0.2, 0.25) is 0 Å². The molecule has 1 aliphatic rings. The van der Waals surface area contributed by atoms with Crippen molar-refractivity contribution in [3.63, 3.8) is 0 Å². The summed E-state index contributed by atoms with van der Waals surface area (Å²) in [6.45, 7) is 3.96. The lowest BCUT2D eigenvalue weighted by Gasteiger charge is -2.17. The molecule has 0 saturated carbocycles. The van der Waals surface area contributed by atoms with Crippen molar-refractivity contribution in [2.24, 2.45) is 5.92 Å². The third kappa shape index (κ3) is 4.18. The normalized spacial score (nSPS) is 16.5. The van der Waals surface area contributed by atoms with E-state index in [4.69, 9.17) is 10.5 Å². The van der Waals surface area contributed by atoms with E-state index in [2.05, 4.69) is 18.3 Å². The molecule has 0 bridgehead atoms. The first kappa shape index (κ1) is 19.9. The molecule has 2 unspecified atom stereocenters. The highest BCUT2D eigenvalue weighted by Gasteiger charge is 2.27. The molecule has 3 N–H and O–H groups in total. The fraction of sp³-hybridized carbons (Fsp3) is 0.381. The minimum Gasteiger partial charge on any atom is -0.449 e. The van der Waals surface area contributed by atoms with Gasteiger partial charge in [-0.3, -0.25) is 4.79 Å². The largest absolute Gasteiger partial charge is 0.449 e. The predicted molar refractivity (Wildman–Crippen MR) is 109 cm³/mol. The maximum atomic E-state index is 12.7. The molecule has 1 heterocycles. The number of esters is 1. The van der Waals surface area contributed by atoms with Crippen LogP contribution >= 0.6 is 11.3 Å². The molecule has 28 heavy (non-hydrogen) atoms. The molecular formula is C21H23N3O3S. The van der Waals surface area contributed by atoms with Gasteiger partial charge >= 0.3 is 5.97 Å². The first-order chi connectivity index (χ1) is 13.4. The first-order valence-corrected chi connectivity index (χ1v) is 10.2. The molecule has 1 aromatic heterocycles. The molecule has 7 heteroatoms. The van der Waals surface area contributed by atoms with Gasteiger partial charge in [0.25, 0.3) is 5.91 Å². The van der Waals surface area contributed by atoms with Gasteiger partial charge in [-0.05, 0) is 61.4 Å². The van der Waals surface area contributed by atoms with E-state index in [-0.39, 0.29) is 0 Å². The van der Waals surface area contributed by atoms with Crippen LogP contribution in [-0.4, -0.2) is 18.0 Å². The van der Waals surface area contributed by atoms with Crippen molar-refractivity contribution in [2.75, 3.05) is 11.1 Å². The molecule has 1 amide bonds. The van der Waals surface area contributed by atoms with Crippen molar-refractivity contribution >= 4 is 33.9 Å². The van der Waals surface area contributed by atoms with Gasteiger partial charge in [0.1, 0.15) is 11.1 Å². The molecule has 3 rings (SSSR count). The van der Waals surface area contributed by atoms with Gasteiger partial charge in [0, 0.05) is 10.6 Å². The molecule has 0 fully saturated rings. The highest BCUT2D eigenvalue weighted by Crippen LogP contribution is 2.39. The lowest BCUT2D eigenvalue weighted by atomic mass is 9.88. The van der Waals surface area contributed by atoms with Gasteiger partial charge in [-0.25, -0.2) is 4.79 Å². The summed E-state index contributed by atoms with van der Waals surface area (Å²) in [6, 6.07) is 8.56. The van der Waals surface area contributed by atoms with Crippen LogP contribution in [0.25, 0.3) is 0 Å². The lowest BCUT2D eigenvalue weighted by Crippen LogP contribution is -2.32. The highest BCUT2D eigenvalue weighted by molar-refractivity contribution is 7.16. The van der Waals surface area contributed by atoms with Crippen molar-refractivity contribution in [2.45, 2.75) is 45.6 Å². The van der Waals surface area contributed by atoms with Crippen LogP contribution in [0.4, 0.5) is 10.7 Å². The minimum atomic E-state index is -0.936. The topological polar surface area (TPSA) is 105 Å². The molecule has 2 atom stereocenters. The number of anilines is 2. The van der Waals surface area contributed by atoms with Crippen molar-refractivity contribution < 1.29 is 14.3 Å². The summed E-state index contributed by atoms with van der Waals surface area (Å²) in [7, 11) is 0. The Morgan fingerprint density at radius 2 is 2.11 bits per heavy atom. The number of nitriles is 1. The first-order valence-electron chi connectivity index (χ1n) is 9.34. The third-order valence-corrected chi connectivity index (χ3v) is 6.09. The second-order valence-corrected chi connectivity index (χ2v) is 8.19. The molecule has 1 aromatic carbocycles. The Morgan fingerprint density at radius 1 is 1.39 bits per heavy atom. The Bertz CT molecular complexity index is 928. The average Bonchev–Trinajstić information content (AvgIpc) is 3.02. The van der Waals surface area contributed by atoms with E-state index in [1.54, 1.807) is 31.2 Å². The number of carbonyl (C=O) groups is 2. The summed E-state index contributed by atoms with van der Waals surface area (Å²) >= 11 is 1.45. The summed E-state index contributed by atoms with van der Waals surface area (Å²) in [4.78, 5) is 26.2. The number of nitrogens with one attached hydrogen (secondary N) is 1. The van der Waals surface area contributed by atoms with Crippen LogP contribution < -0.4 is 11.1 Å². The summed E-state index contributed by atoms with van der Waals surface area (Å²) in [5.41, 5.74) is 8.09. The van der Waals surface area contributed by atoms with Crippen LogP contribution in [0.3, 0.4) is 0 Å². The number of hydrogen-bond donors (Lipinski definition) is 2. The van der Waals surface area contributed by atoms with E-state index in [0.29, 0.717) is 34.2 Å². The summed E-state index contributed by atoms with van der Waals surface area (Å²) in [6.07, 6.45) is 2.22. The van der Waals surface area contributed by atoms with E-state index in [9.17, 15) is 14.9 Å². The average molecular weight is 398 g/mol. The zero-order valence-corrected chi connectivity index (χ0v) is 16.8. The van der Waals surface area contributed by atoms with Crippen LogP contribution in [0.1, 0.15) is 53.1 Å². The maximum absolute atomic E-state index is 12.7. The lowest BCUT2D eigenvalue weighted by molar-refractivity contribution is -0.124. The number of hydrogen-bond acceptors (Lipinski definition) is 6. The summed E-state index contributed by atoms with van der Waals surface area (Å²) < 4.78 is 5.38. The Kier molecular flexibility index (Phi) is 6.00. The molecule has 1 aliphatic carbocycles. The second kappa shape index (κ2) is 8.44. The van der Waals surface area contributed by atoms with E-state index in [0.717, 1.165) is 29.7 Å². The van der Waals surface area contributed by atoms with Crippen molar-refractivity contribution in [3.8, 4) is 6.07 Å². The van der Waals surface area contributed by atoms with E-state index < -0.39 is 18.0 Å². The SMILES string of the molecule is CCC(OC(=O)c1ccc(N)cc1)C(=O)Nc1sc2c(c1C#N)CCC(C)C2. The van der Waals surface area contributed by atoms with Crippen molar-refractivity contribution in [3.05, 3.63) is 45.8 Å². The van der Waals surface area contributed by atoms with Gasteiger partial charge in [0.05, 0.1) is 11.1 Å². The van der Waals surface area contributed by atoms with Gasteiger partial charge < -0.3 is 15.8 Å². The maximum Gasteiger partial charge on any atom is 0.338 e. The van der Waals surface area contributed by atoms with Crippen LogP contribution in [-0.2, 0) is 22.4 Å². The number of amides is 1. The molecule has 146 valence electrons. The fourth-order valence-corrected chi connectivity index (χ4v) is 4.65. The molecule has 0 radical (unpaired) electrons.